The molecule has 2 aliphatic rings. The molecule has 2 aromatic heterocycles. The second kappa shape index (κ2) is 36.3. The van der Waals surface area contributed by atoms with E-state index in [2.05, 4.69) is 46.1 Å². The van der Waals surface area contributed by atoms with Crippen molar-refractivity contribution in [3.63, 3.8) is 0 Å². The predicted molar refractivity (Wildman–Crippen MR) is 339 cm³/mol. The van der Waals surface area contributed by atoms with Crippen molar-refractivity contribution < 1.29 is 185 Å². The number of nitrogens with one attached hydrogen (secondary N) is 4. The molecular weight excluding hydrogens is 1330 g/mol. The fourth-order valence-corrected chi connectivity index (χ4v) is 9.15. The zero-order valence-electron chi connectivity index (χ0n) is 52.2. The van der Waals surface area contributed by atoms with Crippen LogP contribution in [0.5, 0.6) is 40.4 Å². The van der Waals surface area contributed by atoms with Gasteiger partial charge in [-0.3, -0.25) is 24.0 Å². The molecule has 2 fully saturated rings. The molecule has 12 rings (SSSR count). The van der Waals surface area contributed by atoms with Gasteiger partial charge in [-0.2, -0.15) is 0 Å². The summed E-state index contributed by atoms with van der Waals surface area (Å²) in [6.07, 6.45) is 4.12. The number of carbonyl (C=O) groups is 5. The molecule has 0 spiro atoms. The van der Waals surface area contributed by atoms with Gasteiger partial charge < -0.3 is 61.6 Å². The van der Waals surface area contributed by atoms with Gasteiger partial charge >= 0.3 is 103 Å². The maximum absolute atomic E-state index is 15.2. The van der Waals surface area contributed by atoms with Gasteiger partial charge in [0, 0.05) is 52.4 Å². The topological polar surface area (TPSA) is 284 Å². The third kappa shape index (κ3) is 20.2. The van der Waals surface area contributed by atoms with Crippen molar-refractivity contribution in [2.45, 2.75) is 46.3 Å². The Morgan fingerprint density at radius 2 is 0.927 bits per heavy atom. The van der Waals surface area contributed by atoms with E-state index in [0.29, 0.717) is 89.3 Å². The van der Waals surface area contributed by atoms with Crippen LogP contribution in [-0.2, 0) is 42.1 Å². The Kier molecular flexibility index (Phi) is 29.0. The SMILES string of the molecule is C.COc1cc2c(Cl)ncnc2cc1OCc1ccccc1.COc1cc2c(Oc3ccc(NC(=O)C4(C(=O)Nc5ccc(F)cc5)CC4)cc3F)ncnc2cc1OCc1ccccc1.O=C(Nc1ccc(F)cc1)C1(C(=O)Nc2ccc(O)c(F)c2)CC1.O=CO[O-].[H-].[K+].[K+]. The molecule has 0 bridgehead atoms. The average Bonchev–Trinajstić information content (AvgIpc) is 1.71. The summed E-state index contributed by atoms with van der Waals surface area (Å²) in [4.78, 5) is 78.4. The Hall–Kier alpha value is -8.17. The summed E-state index contributed by atoms with van der Waals surface area (Å²) < 4.78 is 83.0. The van der Waals surface area contributed by atoms with E-state index in [1.165, 1.54) is 86.5 Å². The van der Waals surface area contributed by atoms with Crippen molar-refractivity contribution >= 4 is 86.3 Å². The summed E-state index contributed by atoms with van der Waals surface area (Å²) in [5.74, 6) is -3.06. The first-order valence-electron chi connectivity index (χ1n) is 28.0. The maximum atomic E-state index is 15.2. The normalized spacial score (nSPS) is 12.2. The van der Waals surface area contributed by atoms with Crippen molar-refractivity contribution in [1.29, 1.82) is 0 Å². The average molecular weight is 1390 g/mol. The number of ether oxygens (including phenoxy) is 5. The van der Waals surface area contributed by atoms with Crippen molar-refractivity contribution in [1.82, 2.24) is 19.9 Å². The van der Waals surface area contributed by atoms with Crippen molar-refractivity contribution in [2.24, 2.45) is 10.8 Å². The van der Waals surface area contributed by atoms with Gasteiger partial charge in [-0.1, -0.05) is 79.7 Å². The molecule has 4 amide bonds. The summed E-state index contributed by atoms with van der Waals surface area (Å²) in [5, 5.41) is 29.5. The van der Waals surface area contributed by atoms with Crippen LogP contribution in [0.1, 0.15) is 45.7 Å². The summed E-state index contributed by atoms with van der Waals surface area (Å²) in [5.41, 5.74) is 1.83. The van der Waals surface area contributed by atoms with Gasteiger partial charge in [-0.05, 0) is 122 Å². The first kappa shape index (κ1) is 76.8. The fourth-order valence-electron chi connectivity index (χ4n) is 8.95. The zero-order valence-corrected chi connectivity index (χ0v) is 58.2. The Bertz CT molecular complexity index is 4330. The molecule has 0 radical (unpaired) electrons. The van der Waals surface area contributed by atoms with Crippen LogP contribution in [0.4, 0.5) is 40.3 Å². The Morgan fingerprint density at radius 1 is 0.531 bits per heavy atom. The van der Waals surface area contributed by atoms with E-state index in [1.54, 1.807) is 25.3 Å². The largest absolute Gasteiger partial charge is 1.00 e. The van der Waals surface area contributed by atoms with Gasteiger partial charge in [0.15, 0.2) is 46.1 Å². The van der Waals surface area contributed by atoms with Gasteiger partial charge in [0.25, 0.3) is 6.47 Å². The van der Waals surface area contributed by atoms with E-state index in [0.717, 1.165) is 40.2 Å². The third-order valence-corrected chi connectivity index (χ3v) is 14.6. The number of phenols is 1. The Balaban J connectivity index is 0.000000272. The molecule has 0 aliphatic heterocycles. The van der Waals surface area contributed by atoms with Gasteiger partial charge in [0.05, 0.1) is 30.6 Å². The monoisotopic (exact) mass is 1380 g/mol. The molecule has 5 N–H and O–H groups in total. The number of nitrogens with zero attached hydrogens (tertiary/aromatic N) is 4. The van der Waals surface area contributed by atoms with Crippen LogP contribution in [-0.4, -0.2) is 69.4 Å². The molecule has 21 nitrogen and oxygen atoms in total. The molecule has 96 heavy (non-hydrogen) atoms. The number of aromatic nitrogens is 4. The predicted octanol–water partition coefficient (Wildman–Crippen LogP) is 6.74. The molecule has 10 aromatic rings. The number of benzene rings is 8. The van der Waals surface area contributed by atoms with E-state index >= 15 is 4.39 Å². The summed E-state index contributed by atoms with van der Waals surface area (Å²) in [6.45, 7) is 0.604. The number of carbonyl (C=O) groups excluding carboxylic acids is 5. The number of hydrogen-bond acceptors (Lipinski definition) is 17. The molecule has 0 unspecified atom stereocenters. The Labute approximate surface area is 638 Å². The molecule has 2 aliphatic carbocycles. The number of rotatable bonds is 19. The van der Waals surface area contributed by atoms with Crippen LogP contribution in [0.15, 0.2) is 183 Å². The zero-order chi connectivity index (χ0) is 66.1. The molecule has 486 valence electrons. The minimum absolute atomic E-state index is 0. The molecule has 28 heteroatoms. The van der Waals surface area contributed by atoms with Crippen LogP contribution >= 0.6 is 11.6 Å². The van der Waals surface area contributed by atoms with E-state index in [4.69, 9.17) is 50.4 Å². The first-order valence-corrected chi connectivity index (χ1v) is 28.4. The number of aromatic hydroxyl groups is 1. The summed E-state index contributed by atoms with van der Waals surface area (Å²) in [6, 6.07) is 44.3. The third-order valence-electron chi connectivity index (χ3n) is 14.3. The van der Waals surface area contributed by atoms with E-state index < -0.39 is 63.5 Å². The molecule has 2 saturated carbocycles. The van der Waals surface area contributed by atoms with Crippen LogP contribution in [0, 0.1) is 34.1 Å². The number of fused-ring (bicyclic) bond motifs is 2. The molecular formula is C68H59ClF4K2N8O13. The smallest absolute Gasteiger partial charge is 1.00 e. The number of amides is 4. The number of halogens is 5. The molecule has 2 heterocycles. The summed E-state index contributed by atoms with van der Waals surface area (Å²) >= 11 is 6.06. The van der Waals surface area contributed by atoms with Crippen molar-refractivity contribution in [2.75, 3.05) is 35.5 Å². The number of hydrogen-bond donors (Lipinski definition) is 5. The number of methoxy groups -OCH3 is 2. The van der Waals surface area contributed by atoms with Gasteiger partial charge in [-0.15, -0.1) is 0 Å². The standard InChI is InChI=1S/C33H26F2N4O5.C17H14F2N2O3.C16H13ClN2O2.CH2O3.CH4.2K.H/c1-42-28-16-24-26(17-29(28)43-18-20-5-3-2-4-6-20)36-19-37-30(24)44-27-12-11-23(15-25(27)35)39-32(41)33(13-14-33)31(40)38-22-9-7-21(34)8-10-22;18-10-1-3-11(4-2-10)20-15(23)17(7-8-17)16(24)21-12-5-6-14(22)13(19)9-12;1-20-14-7-12-13(18-10-19-16(12)17)8-15(14)21-9-11-5-3-2-4-6-11;2-1-4-3;;;;/h2-12,15-17,19H,13-14,18H2,1H3,(H,38,40)(H,39,41);1-6,9,22H,7-8H2,(H,20,23)(H,21,24);2-8,10H,9H2,1H3;1,3H;1H4;;;/q;;;;;2*+1;-1/p-1. The van der Waals surface area contributed by atoms with E-state index in [1.807, 2.05) is 66.7 Å². The van der Waals surface area contributed by atoms with Crippen LogP contribution in [0.2, 0.25) is 5.15 Å². The number of anilines is 4. The molecule has 0 saturated heterocycles. The van der Waals surface area contributed by atoms with Crippen molar-refractivity contribution in [3.8, 4) is 40.4 Å². The maximum Gasteiger partial charge on any atom is 1.00 e. The molecule has 0 atom stereocenters. The van der Waals surface area contributed by atoms with E-state index in [9.17, 15) is 32.3 Å². The minimum Gasteiger partial charge on any atom is -1.00 e. The van der Waals surface area contributed by atoms with Gasteiger partial charge in [-0.25, -0.2) is 37.5 Å². The molecule has 8 aromatic carbocycles. The van der Waals surface area contributed by atoms with Crippen molar-refractivity contribution in [3.05, 3.63) is 222 Å². The van der Waals surface area contributed by atoms with E-state index in [-0.39, 0.29) is 141 Å². The fraction of sp³-hybridized carbons (Fsp3) is 0.162. The quantitative estimate of drug-likeness (QED) is 0.00819. The second-order valence-electron chi connectivity index (χ2n) is 20.5. The second-order valence-corrected chi connectivity index (χ2v) is 20.9. The van der Waals surface area contributed by atoms with Gasteiger partial charge in [0.2, 0.25) is 29.5 Å². The minimum atomic E-state index is -1.29. The van der Waals surface area contributed by atoms with Crippen LogP contribution < -0.4 is 153 Å². The Morgan fingerprint density at radius 3 is 1.34 bits per heavy atom. The summed E-state index contributed by atoms with van der Waals surface area (Å²) in [7, 11) is 3.10. The van der Waals surface area contributed by atoms with Crippen LogP contribution in [0.25, 0.3) is 21.8 Å². The van der Waals surface area contributed by atoms with Gasteiger partial charge in [0.1, 0.15) is 53.5 Å². The first-order chi connectivity index (χ1) is 44.9. The number of phenolic OH excluding ortho intramolecular Hbond substituents is 1. The van der Waals surface area contributed by atoms with Crippen LogP contribution in [0.3, 0.4) is 0 Å².